The molecule has 20 heavy (non-hydrogen) atoms. The fourth-order valence-corrected chi connectivity index (χ4v) is 2.10. The fourth-order valence-electron chi connectivity index (χ4n) is 1.84. The Morgan fingerprint density at radius 2 is 1.95 bits per heavy atom. The van der Waals surface area contributed by atoms with Gasteiger partial charge in [0.15, 0.2) is 0 Å². The van der Waals surface area contributed by atoms with E-state index in [-0.39, 0.29) is 12.5 Å². The lowest BCUT2D eigenvalue weighted by Crippen LogP contribution is -2.26. The number of likely N-dealkylation sites (N-methyl/N-ethyl adjacent to an activating group) is 1. The minimum atomic E-state index is -0.257. The van der Waals surface area contributed by atoms with Crippen molar-refractivity contribution in [3.63, 3.8) is 0 Å². The van der Waals surface area contributed by atoms with E-state index in [1.54, 1.807) is 0 Å². The zero-order chi connectivity index (χ0) is 14.5. The lowest BCUT2D eigenvalue weighted by atomic mass is 10.2. The Balaban J connectivity index is 2.02. The third kappa shape index (κ3) is 3.95. The lowest BCUT2D eigenvalue weighted by molar-refractivity contribution is -0.141. The molecule has 0 aliphatic heterocycles. The molecule has 0 aliphatic carbocycles. The van der Waals surface area contributed by atoms with Crippen LogP contribution in [0.3, 0.4) is 0 Å². The van der Waals surface area contributed by atoms with Gasteiger partial charge in [0.1, 0.15) is 11.5 Å². The second-order valence-electron chi connectivity index (χ2n) is 4.52. The standard InChI is InChI=1S/C15H16BrNO3/c1-17(10-15(18)19-2)9-13-7-8-14(20-13)11-3-5-12(16)6-4-11/h3-8H,9-10H2,1-2H3. The Kier molecular flexibility index (Phi) is 4.98. The number of carbonyl (C=O) groups excluding carboxylic acids is 1. The van der Waals surface area contributed by atoms with Gasteiger partial charge in [0.25, 0.3) is 0 Å². The maximum absolute atomic E-state index is 11.2. The summed E-state index contributed by atoms with van der Waals surface area (Å²) in [6.45, 7) is 0.802. The van der Waals surface area contributed by atoms with Crippen LogP contribution in [0.5, 0.6) is 0 Å². The molecule has 1 heterocycles. The van der Waals surface area contributed by atoms with Gasteiger partial charge in [-0.2, -0.15) is 0 Å². The highest BCUT2D eigenvalue weighted by atomic mass is 79.9. The van der Waals surface area contributed by atoms with Crippen molar-refractivity contribution in [1.82, 2.24) is 4.90 Å². The minimum absolute atomic E-state index is 0.241. The van der Waals surface area contributed by atoms with E-state index in [1.165, 1.54) is 7.11 Å². The Bertz CT molecular complexity index is 577. The number of nitrogens with zero attached hydrogens (tertiary/aromatic N) is 1. The highest BCUT2D eigenvalue weighted by molar-refractivity contribution is 9.10. The third-order valence-corrected chi connectivity index (χ3v) is 3.37. The summed E-state index contributed by atoms with van der Waals surface area (Å²) in [6.07, 6.45) is 0. The molecule has 2 rings (SSSR count). The van der Waals surface area contributed by atoms with E-state index < -0.39 is 0 Å². The summed E-state index contributed by atoms with van der Waals surface area (Å²) in [6, 6.07) is 11.8. The molecule has 4 nitrogen and oxygen atoms in total. The normalized spacial score (nSPS) is 10.8. The van der Waals surface area contributed by atoms with Crippen LogP contribution in [0, 0.1) is 0 Å². The Morgan fingerprint density at radius 1 is 1.25 bits per heavy atom. The van der Waals surface area contributed by atoms with Crippen LogP contribution in [0.4, 0.5) is 0 Å². The molecular formula is C15H16BrNO3. The van der Waals surface area contributed by atoms with Crippen LogP contribution in [0.15, 0.2) is 45.3 Å². The van der Waals surface area contributed by atoms with Crippen molar-refractivity contribution in [2.45, 2.75) is 6.54 Å². The summed E-state index contributed by atoms with van der Waals surface area (Å²) in [7, 11) is 3.23. The molecule has 106 valence electrons. The molecule has 0 N–H and O–H groups in total. The SMILES string of the molecule is COC(=O)CN(C)Cc1ccc(-c2ccc(Br)cc2)o1. The summed E-state index contributed by atoms with van der Waals surface area (Å²) in [5, 5.41) is 0. The van der Waals surface area contributed by atoms with Crippen LogP contribution < -0.4 is 0 Å². The van der Waals surface area contributed by atoms with Gasteiger partial charge in [0.05, 0.1) is 20.2 Å². The zero-order valence-electron chi connectivity index (χ0n) is 11.4. The van der Waals surface area contributed by atoms with Gasteiger partial charge < -0.3 is 9.15 Å². The number of benzene rings is 1. The van der Waals surface area contributed by atoms with E-state index in [2.05, 4.69) is 20.7 Å². The fraction of sp³-hybridized carbons (Fsp3) is 0.267. The van der Waals surface area contributed by atoms with Crippen LogP contribution in [0.25, 0.3) is 11.3 Å². The average molecular weight is 338 g/mol. The Hall–Kier alpha value is -1.59. The van der Waals surface area contributed by atoms with Gasteiger partial charge in [0, 0.05) is 10.0 Å². The first-order valence-corrected chi connectivity index (χ1v) is 6.98. The molecule has 0 spiro atoms. The van der Waals surface area contributed by atoms with Crippen molar-refractivity contribution in [1.29, 1.82) is 0 Å². The summed E-state index contributed by atoms with van der Waals surface area (Å²) in [5.74, 6) is 1.38. The zero-order valence-corrected chi connectivity index (χ0v) is 13.0. The number of carbonyl (C=O) groups is 1. The second-order valence-corrected chi connectivity index (χ2v) is 5.44. The first kappa shape index (κ1) is 14.8. The van der Waals surface area contributed by atoms with Crippen molar-refractivity contribution in [3.8, 4) is 11.3 Å². The first-order chi connectivity index (χ1) is 9.58. The topological polar surface area (TPSA) is 42.7 Å². The van der Waals surface area contributed by atoms with Crippen LogP contribution in [0.1, 0.15) is 5.76 Å². The van der Waals surface area contributed by atoms with Gasteiger partial charge in [-0.1, -0.05) is 28.1 Å². The number of hydrogen-bond donors (Lipinski definition) is 0. The molecule has 0 fully saturated rings. The minimum Gasteiger partial charge on any atom is -0.468 e. The van der Waals surface area contributed by atoms with E-state index >= 15 is 0 Å². The predicted octanol–water partition coefficient (Wildman–Crippen LogP) is 3.31. The Labute approximate surface area is 126 Å². The molecule has 0 bridgehead atoms. The van der Waals surface area contributed by atoms with E-state index in [0.717, 1.165) is 21.6 Å². The monoisotopic (exact) mass is 337 g/mol. The molecule has 1 aromatic carbocycles. The molecule has 2 aromatic rings. The Morgan fingerprint density at radius 3 is 2.60 bits per heavy atom. The van der Waals surface area contributed by atoms with Gasteiger partial charge in [-0.25, -0.2) is 0 Å². The molecule has 0 amide bonds. The second kappa shape index (κ2) is 6.72. The predicted molar refractivity (Wildman–Crippen MR) is 80.2 cm³/mol. The molecule has 0 aliphatic rings. The first-order valence-electron chi connectivity index (χ1n) is 6.18. The van der Waals surface area contributed by atoms with Crippen LogP contribution in [-0.2, 0) is 16.1 Å². The largest absolute Gasteiger partial charge is 0.468 e. The summed E-state index contributed by atoms with van der Waals surface area (Å²) in [4.78, 5) is 13.0. The molecule has 0 atom stereocenters. The third-order valence-electron chi connectivity index (χ3n) is 2.84. The molecule has 0 saturated heterocycles. The van der Waals surface area contributed by atoms with E-state index in [4.69, 9.17) is 4.42 Å². The van der Waals surface area contributed by atoms with E-state index in [9.17, 15) is 4.79 Å². The highest BCUT2D eigenvalue weighted by Gasteiger charge is 2.10. The van der Waals surface area contributed by atoms with Crippen molar-refractivity contribution in [2.24, 2.45) is 0 Å². The summed E-state index contributed by atoms with van der Waals surface area (Å²) in [5.41, 5.74) is 1.02. The number of esters is 1. The molecule has 1 aromatic heterocycles. The summed E-state index contributed by atoms with van der Waals surface area (Å²) < 4.78 is 11.4. The van der Waals surface area contributed by atoms with E-state index in [0.29, 0.717) is 6.54 Å². The van der Waals surface area contributed by atoms with Crippen molar-refractivity contribution >= 4 is 21.9 Å². The maximum atomic E-state index is 11.2. The number of ether oxygens (including phenoxy) is 1. The van der Waals surface area contributed by atoms with Crippen LogP contribution in [-0.4, -0.2) is 31.6 Å². The number of furan rings is 1. The van der Waals surface area contributed by atoms with Gasteiger partial charge >= 0.3 is 5.97 Å². The van der Waals surface area contributed by atoms with Gasteiger partial charge in [-0.3, -0.25) is 9.69 Å². The molecular weight excluding hydrogens is 322 g/mol. The van der Waals surface area contributed by atoms with Crippen LogP contribution >= 0.6 is 15.9 Å². The van der Waals surface area contributed by atoms with Gasteiger partial charge in [0.2, 0.25) is 0 Å². The molecule has 0 radical (unpaired) electrons. The number of hydrogen-bond acceptors (Lipinski definition) is 4. The lowest BCUT2D eigenvalue weighted by Gasteiger charge is -2.12. The van der Waals surface area contributed by atoms with E-state index in [1.807, 2.05) is 48.3 Å². The van der Waals surface area contributed by atoms with Crippen LogP contribution in [0.2, 0.25) is 0 Å². The van der Waals surface area contributed by atoms with Gasteiger partial charge in [-0.05, 0) is 31.3 Å². The molecule has 0 saturated carbocycles. The summed E-state index contributed by atoms with van der Waals surface area (Å²) >= 11 is 3.40. The number of methoxy groups -OCH3 is 1. The number of halogens is 1. The molecule has 0 unspecified atom stereocenters. The average Bonchev–Trinajstić information content (AvgIpc) is 2.87. The van der Waals surface area contributed by atoms with Crippen molar-refractivity contribution in [2.75, 3.05) is 20.7 Å². The smallest absolute Gasteiger partial charge is 0.319 e. The number of rotatable bonds is 5. The van der Waals surface area contributed by atoms with Crippen molar-refractivity contribution < 1.29 is 13.9 Å². The molecule has 5 heteroatoms. The maximum Gasteiger partial charge on any atom is 0.319 e. The quantitative estimate of drug-likeness (QED) is 0.785. The van der Waals surface area contributed by atoms with Crippen molar-refractivity contribution in [3.05, 3.63) is 46.6 Å². The highest BCUT2D eigenvalue weighted by Crippen LogP contribution is 2.24. The van der Waals surface area contributed by atoms with Gasteiger partial charge in [-0.15, -0.1) is 0 Å².